The summed E-state index contributed by atoms with van der Waals surface area (Å²) in [6.45, 7) is 0. The Labute approximate surface area is 116 Å². The molecule has 0 amide bonds. The Hall–Kier alpha value is -2.06. The SMILES string of the molecule is COc1ccccc1-c1cc(Cl)c2ccccc2n1. The van der Waals surface area contributed by atoms with Crippen LogP contribution >= 0.6 is 11.6 Å². The predicted molar refractivity (Wildman–Crippen MR) is 78.7 cm³/mol. The lowest BCUT2D eigenvalue weighted by molar-refractivity contribution is 0.416. The fraction of sp³-hybridized carbons (Fsp3) is 0.0625. The normalized spacial score (nSPS) is 10.6. The first-order valence-corrected chi connectivity index (χ1v) is 6.36. The highest BCUT2D eigenvalue weighted by Crippen LogP contribution is 2.32. The summed E-state index contributed by atoms with van der Waals surface area (Å²) in [5.74, 6) is 0.793. The molecular formula is C16H12ClNO. The Morgan fingerprint density at radius 1 is 1.00 bits per heavy atom. The van der Waals surface area contributed by atoms with Gasteiger partial charge in [-0.25, -0.2) is 4.98 Å². The van der Waals surface area contributed by atoms with Gasteiger partial charge in [0.1, 0.15) is 5.75 Å². The first kappa shape index (κ1) is 12.0. The molecule has 0 atom stereocenters. The van der Waals surface area contributed by atoms with Gasteiger partial charge in [-0.2, -0.15) is 0 Å². The lowest BCUT2D eigenvalue weighted by Crippen LogP contribution is -1.91. The minimum atomic E-state index is 0.700. The molecule has 0 aliphatic carbocycles. The molecule has 2 aromatic carbocycles. The van der Waals surface area contributed by atoms with E-state index in [1.165, 1.54) is 0 Å². The molecular weight excluding hydrogens is 258 g/mol. The van der Waals surface area contributed by atoms with Crippen molar-refractivity contribution in [1.29, 1.82) is 0 Å². The summed E-state index contributed by atoms with van der Waals surface area (Å²) in [5, 5.41) is 1.66. The molecule has 0 spiro atoms. The molecule has 19 heavy (non-hydrogen) atoms. The van der Waals surface area contributed by atoms with Crippen molar-refractivity contribution >= 4 is 22.5 Å². The predicted octanol–water partition coefficient (Wildman–Crippen LogP) is 4.56. The fourth-order valence-electron chi connectivity index (χ4n) is 2.13. The van der Waals surface area contributed by atoms with Crippen LogP contribution in [-0.2, 0) is 0 Å². The van der Waals surface area contributed by atoms with Gasteiger partial charge in [-0.1, -0.05) is 41.9 Å². The molecule has 0 saturated heterocycles. The maximum absolute atomic E-state index is 6.33. The molecule has 94 valence electrons. The van der Waals surface area contributed by atoms with Gasteiger partial charge in [0.25, 0.3) is 0 Å². The second-order valence-corrected chi connectivity index (χ2v) is 4.61. The van der Waals surface area contributed by atoms with Gasteiger partial charge in [0.2, 0.25) is 0 Å². The summed E-state index contributed by atoms with van der Waals surface area (Å²) in [4.78, 5) is 4.65. The number of halogens is 1. The van der Waals surface area contributed by atoms with Crippen molar-refractivity contribution in [1.82, 2.24) is 4.98 Å². The van der Waals surface area contributed by atoms with E-state index in [2.05, 4.69) is 4.98 Å². The van der Waals surface area contributed by atoms with Crippen molar-refractivity contribution < 1.29 is 4.74 Å². The summed E-state index contributed by atoms with van der Waals surface area (Å²) >= 11 is 6.33. The summed E-state index contributed by atoms with van der Waals surface area (Å²) in [6.07, 6.45) is 0. The standard InChI is InChI=1S/C16H12ClNO/c1-19-16-9-5-3-7-12(16)15-10-13(17)11-6-2-4-8-14(11)18-15/h2-10H,1H3. The summed E-state index contributed by atoms with van der Waals surface area (Å²) < 4.78 is 5.37. The molecule has 0 saturated carbocycles. The number of hydrogen-bond donors (Lipinski definition) is 0. The summed E-state index contributed by atoms with van der Waals surface area (Å²) in [7, 11) is 1.65. The number of fused-ring (bicyclic) bond motifs is 1. The molecule has 0 bridgehead atoms. The highest BCUT2D eigenvalue weighted by Gasteiger charge is 2.09. The highest BCUT2D eigenvalue weighted by molar-refractivity contribution is 6.35. The third kappa shape index (κ3) is 2.15. The fourth-order valence-corrected chi connectivity index (χ4v) is 2.39. The monoisotopic (exact) mass is 269 g/mol. The largest absolute Gasteiger partial charge is 0.496 e. The van der Waals surface area contributed by atoms with E-state index in [1.807, 2.05) is 54.6 Å². The van der Waals surface area contributed by atoms with E-state index >= 15 is 0 Å². The number of hydrogen-bond acceptors (Lipinski definition) is 2. The average molecular weight is 270 g/mol. The van der Waals surface area contributed by atoms with Gasteiger partial charge in [-0.05, 0) is 24.3 Å². The van der Waals surface area contributed by atoms with Crippen LogP contribution in [0.4, 0.5) is 0 Å². The second kappa shape index (κ2) is 4.90. The Bertz CT molecular complexity index is 740. The van der Waals surface area contributed by atoms with Crippen LogP contribution in [-0.4, -0.2) is 12.1 Å². The van der Waals surface area contributed by atoms with E-state index in [-0.39, 0.29) is 0 Å². The Kier molecular flexibility index (Phi) is 3.10. The Balaban J connectivity index is 2.26. The Morgan fingerprint density at radius 3 is 2.58 bits per heavy atom. The maximum atomic E-state index is 6.33. The number of pyridine rings is 1. The van der Waals surface area contributed by atoms with E-state index in [0.29, 0.717) is 5.02 Å². The molecule has 3 rings (SSSR count). The minimum Gasteiger partial charge on any atom is -0.496 e. The van der Waals surface area contributed by atoms with Crippen molar-refractivity contribution in [3.8, 4) is 17.0 Å². The number of rotatable bonds is 2. The van der Waals surface area contributed by atoms with E-state index < -0.39 is 0 Å². The van der Waals surface area contributed by atoms with E-state index in [4.69, 9.17) is 16.3 Å². The molecule has 0 N–H and O–H groups in total. The second-order valence-electron chi connectivity index (χ2n) is 4.21. The van der Waals surface area contributed by atoms with Crippen molar-refractivity contribution in [3.63, 3.8) is 0 Å². The number of methoxy groups -OCH3 is 1. The minimum absolute atomic E-state index is 0.700. The maximum Gasteiger partial charge on any atom is 0.128 e. The summed E-state index contributed by atoms with van der Waals surface area (Å²) in [5.41, 5.74) is 2.65. The molecule has 1 heterocycles. The molecule has 0 aliphatic heterocycles. The topological polar surface area (TPSA) is 22.1 Å². The number of para-hydroxylation sites is 2. The van der Waals surface area contributed by atoms with Crippen LogP contribution in [0, 0.1) is 0 Å². The van der Waals surface area contributed by atoms with Crippen molar-refractivity contribution in [2.75, 3.05) is 7.11 Å². The first-order chi connectivity index (χ1) is 9.29. The molecule has 3 heteroatoms. The van der Waals surface area contributed by atoms with Gasteiger partial charge in [-0.15, -0.1) is 0 Å². The lowest BCUT2D eigenvalue weighted by atomic mass is 10.1. The van der Waals surface area contributed by atoms with Crippen LogP contribution in [0.2, 0.25) is 5.02 Å². The number of benzene rings is 2. The highest BCUT2D eigenvalue weighted by atomic mass is 35.5. The molecule has 0 radical (unpaired) electrons. The molecule has 1 aromatic heterocycles. The van der Waals surface area contributed by atoms with Crippen LogP contribution in [0.1, 0.15) is 0 Å². The zero-order chi connectivity index (χ0) is 13.2. The van der Waals surface area contributed by atoms with E-state index in [1.54, 1.807) is 7.11 Å². The quantitative estimate of drug-likeness (QED) is 0.680. The number of nitrogens with zero attached hydrogens (tertiary/aromatic N) is 1. The van der Waals surface area contributed by atoms with Crippen LogP contribution in [0.3, 0.4) is 0 Å². The summed E-state index contributed by atoms with van der Waals surface area (Å²) in [6, 6.07) is 17.5. The van der Waals surface area contributed by atoms with Gasteiger partial charge < -0.3 is 4.74 Å². The molecule has 3 aromatic rings. The number of aromatic nitrogens is 1. The van der Waals surface area contributed by atoms with Crippen LogP contribution in [0.25, 0.3) is 22.2 Å². The van der Waals surface area contributed by atoms with Gasteiger partial charge in [0.15, 0.2) is 0 Å². The average Bonchev–Trinajstić information content (AvgIpc) is 2.47. The Morgan fingerprint density at radius 2 is 1.74 bits per heavy atom. The van der Waals surface area contributed by atoms with Gasteiger partial charge >= 0.3 is 0 Å². The van der Waals surface area contributed by atoms with Crippen molar-refractivity contribution in [3.05, 3.63) is 59.6 Å². The smallest absolute Gasteiger partial charge is 0.128 e. The van der Waals surface area contributed by atoms with E-state index in [9.17, 15) is 0 Å². The van der Waals surface area contributed by atoms with Crippen LogP contribution < -0.4 is 4.74 Å². The molecule has 2 nitrogen and oxygen atoms in total. The first-order valence-electron chi connectivity index (χ1n) is 5.98. The van der Waals surface area contributed by atoms with E-state index in [0.717, 1.165) is 27.9 Å². The van der Waals surface area contributed by atoms with Crippen molar-refractivity contribution in [2.45, 2.75) is 0 Å². The zero-order valence-corrected chi connectivity index (χ0v) is 11.2. The zero-order valence-electron chi connectivity index (χ0n) is 10.4. The van der Waals surface area contributed by atoms with Crippen LogP contribution in [0.5, 0.6) is 5.75 Å². The van der Waals surface area contributed by atoms with Crippen molar-refractivity contribution in [2.24, 2.45) is 0 Å². The molecule has 0 fully saturated rings. The van der Waals surface area contributed by atoms with Gasteiger partial charge in [-0.3, -0.25) is 0 Å². The molecule has 0 aliphatic rings. The van der Waals surface area contributed by atoms with Crippen LogP contribution in [0.15, 0.2) is 54.6 Å². The third-order valence-corrected chi connectivity index (χ3v) is 3.36. The lowest BCUT2D eigenvalue weighted by Gasteiger charge is -2.09. The number of ether oxygens (including phenoxy) is 1. The van der Waals surface area contributed by atoms with Gasteiger partial charge in [0, 0.05) is 10.9 Å². The van der Waals surface area contributed by atoms with Gasteiger partial charge in [0.05, 0.1) is 23.3 Å². The molecule has 0 unspecified atom stereocenters. The third-order valence-electron chi connectivity index (χ3n) is 3.05.